The molecule has 0 saturated carbocycles. The van der Waals surface area contributed by atoms with Crippen molar-refractivity contribution >= 4 is 5.97 Å². The van der Waals surface area contributed by atoms with E-state index in [9.17, 15) is 23.1 Å². The Bertz CT molecular complexity index is 329. The smallest absolute Gasteiger partial charge is 0.428 e. The molecular weight excluding hydrogens is 297 g/mol. The van der Waals surface area contributed by atoms with Gasteiger partial charge in [-0.2, -0.15) is 13.2 Å². The number of aliphatic hydroxyl groups is 1. The van der Waals surface area contributed by atoms with Crippen LogP contribution in [0.5, 0.6) is 0 Å². The third-order valence-corrected chi connectivity index (χ3v) is 3.53. The van der Waals surface area contributed by atoms with Crippen LogP contribution in [0.25, 0.3) is 0 Å². The standard InChI is InChI=1S/C16H27F3O3/c1-3-5-6-7-8-9-10-11-12-13-15(21,16(17,18)19)14(20)22-4-2/h3,21H,1,4-13H2,2H3. The van der Waals surface area contributed by atoms with Crippen molar-refractivity contribution in [3.8, 4) is 0 Å². The normalized spacial score (nSPS) is 14.4. The summed E-state index contributed by atoms with van der Waals surface area (Å²) in [4.78, 5) is 11.4. The van der Waals surface area contributed by atoms with Crippen molar-refractivity contribution in [3.05, 3.63) is 12.7 Å². The average molecular weight is 324 g/mol. The molecule has 0 spiro atoms. The van der Waals surface area contributed by atoms with Gasteiger partial charge in [0.05, 0.1) is 6.61 Å². The molecule has 0 aliphatic heterocycles. The van der Waals surface area contributed by atoms with Crippen LogP contribution in [0.4, 0.5) is 13.2 Å². The van der Waals surface area contributed by atoms with Crippen molar-refractivity contribution in [2.75, 3.05) is 6.61 Å². The number of allylic oxidation sites excluding steroid dienone is 1. The Morgan fingerprint density at radius 1 is 1.09 bits per heavy atom. The van der Waals surface area contributed by atoms with Gasteiger partial charge in [0.25, 0.3) is 5.60 Å². The molecule has 0 saturated heterocycles. The molecule has 1 atom stereocenters. The van der Waals surface area contributed by atoms with E-state index in [-0.39, 0.29) is 13.0 Å². The second kappa shape index (κ2) is 10.6. The van der Waals surface area contributed by atoms with Crippen LogP contribution in [-0.2, 0) is 9.53 Å². The molecule has 0 aromatic rings. The summed E-state index contributed by atoms with van der Waals surface area (Å²) in [5.74, 6) is -1.60. The lowest BCUT2D eigenvalue weighted by Crippen LogP contribution is -2.52. The number of halogens is 3. The molecule has 130 valence electrons. The van der Waals surface area contributed by atoms with E-state index in [2.05, 4.69) is 11.3 Å². The number of carbonyl (C=O) groups is 1. The number of hydrogen-bond acceptors (Lipinski definition) is 3. The van der Waals surface area contributed by atoms with Gasteiger partial charge >= 0.3 is 12.1 Å². The highest BCUT2D eigenvalue weighted by atomic mass is 19.4. The Balaban J connectivity index is 4.06. The molecule has 0 aliphatic carbocycles. The Kier molecular flexibility index (Phi) is 10.1. The average Bonchev–Trinajstić information content (AvgIpc) is 2.44. The summed E-state index contributed by atoms with van der Waals surface area (Å²) in [5.41, 5.74) is -3.38. The fourth-order valence-electron chi connectivity index (χ4n) is 2.16. The first kappa shape index (κ1) is 21.0. The predicted octanol–water partition coefficient (Wildman–Crippen LogP) is 4.54. The Morgan fingerprint density at radius 2 is 1.59 bits per heavy atom. The van der Waals surface area contributed by atoms with Crippen LogP contribution in [0.15, 0.2) is 12.7 Å². The molecule has 0 amide bonds. The number of hydrogen-bond donors (Lipinski definition) is 1. The van der Waals surface area contributed by atoms with Crippen LogP contribution in [0, 0.1) is 0 Å². The van der Waals surface area contributed by atoms with E-state index < -0.39 is 24.2 Å². The summed E-state index contributed by atoms with van der Waals surface area (Å²) in [6.07, 6.45) is 2.84. The van der Waals surface area contributed by atoms with E-state index in [1.54, 1.807) is 0 Å². The number of rotatable bonds is 12. The van der Waals surface area contributed by atoms with Crippen LogP contribution in [0.1, 0.15) is 64.7 Å². The lowest BCUT2D eigenvalue weighted by molar-refractivity contribution is -0.264. The minimum Gasteiger partial charge on any atom is -0.464 e. The van der Waals surface area contributed by atoms with Crippen LogP contribution in [0.2, 0.25) is 0 Å². The van der Waals surface area contributed by atoms with Crippen molar-refractivity contribution in [2.45, 2.75) is 76.5 Å². The quantitative estimate of drug-likeness (QED) is 0.326. The summed E-state index contributed by atoms with van der Waals surface area (Å²) in [7, 11) is 0. The minimum atomic E-state index is -5.01. The molecule has 0 aliphatic rings. The number of carbonyl (C=O) groups excluding carboxylic acids is 1. The topological polar surface area (TPSA) is 46.5 Å². The molecule has 0 bridgehead atoms. The Morgan fingerprint density at radius 3 is 2.05 bits per heavy atom. The van der Waals surface area contributed by atoms with Gasteiger partial charge in [-0.3, -0.25) is 0 Å². The van der Waals surface area contributed by atoms with Crippen LogP contribution < -0.4 is 0 Å². The number of esters is 1. The van der Waals surface area contributed by atoms with Crippen molar-refractivity contribution < 1.29 is 27.8 Å². The first-order chi connectivity index (χ1) is 10.3. The third-order valence-electron chi connectivity index (χ3n) is 3.53. The van der Waals surface area contributed by atoms with Crippen molar-refractivity contribution in [3.63, 3.8) is 0 Å². The largest absolute Gasteiger partial charge is 0.464 e. The fraction of sp³-hybridized carbons (Fsp3) is 0.812. The van der Waals surface area contributed by atoms with Crippen molar-refractivity contribution in [1.82, 2.24) is 0 Å². The van der Waals surface area contributed by atoms with Gasteiger partial charge in [-0.05, 0) is 32.6 Å². The number of unbranched alkanes of at least 4 members (excludes halogenated alkanes) is 7. The molecule has 0 heterocycles. The molecule has 3 nitrogen and oxygen atoms in total. The molecule has 0 aromatic heterocycles. The summed E-state index contributed by atoms with van der Waals surface area (Å²) in [6, 6.07) is 0. The van der Waals surface area contributed by atoms with E-state index in [0.29, 0.717) is 6.42 Å². The summed E-state index contributed by atoms with van der Waals surface area (Å²) >= 11 is 0. The van der Waals surface area contributed by atoms with Gasteiger partial charge in [-0.1, -0.05) is 38.2 Å². The van der Waals surface area contributed by atoms with Crippen molar-refractivity contribution in [1.29, 1.82) is 0 Å². The second-order valence-corrected chi connectivity index (χ2v) is 5.38. The van der Waals surface area contributed by atoms with Crippen LogP contribution in [0.3, 0.4) is 0 Å². The maximum atomic E-state index is 12.9. The van der Waals surface area contributed by atoms with E-state index in [1.165, 1.54) is 6.92 Å². The van der Waals surface area contributed by atoms with Gasteiger partial charge in [0.2, 0.25) is 0 Å². The van der Waals surface area contributed by atoms with E-state index in [0.717, 1.165) is 38.5 Å². The molecule has 6 heteroatoms. The highest BCUT2D eigenvalue weighted by Gasteiger charge is 2.60. The van der Waals surface area contributed by atoms with E-state index in [1.807, 2.05) is 6.08 Å². The molecule has 1 unspecified atom stereocenters. The van der Waals surface area contributed by atoms with Gasteiger partial charge in [0.1, 0.15) is 0 Å². The van der Waals surface area contributed by atoms with Crippen molar-refractivity contribution in [2.24, 2.45) is 0 Å². The lowest BCUT2D eigenvalue weighted by atomic mass is 9.94. The Hall–Kier alpha value is -1.04. The summed E-state index contributed by atoms with van der Waals surface area (Å²) in [5, 5.41) is 9.64. The summed E-state index contributed by atoms with van der Waals surface area (Å²) < 4.78 is 43.0. The SMILES string of the molecule is C=CCCCCCCCCCC(O)(C(=O)OCC)C(F)(F)F. The zero-order valence-corrected chi connectivity index (χ0v) is 13.3. The zero-order valence-electron chi connectivity index (χ0n) is 13.3. The first-order valence-electron chi connectivity index (χ1n) is 7.86. The zero-order chi connectivity index (χ0) is 17.1. The van der Waals surface area contributed by atoms with Gasteiger partial charge < -0.3 is 9.84 Å². The number of ether oxygens (including phenoxy) is 1. The predicted molar refractivity (Wildman–Crippen MR) is 79.4 cm³/mol. The molecule has 1 N–H and O–H groups in total. The minimum absolute atomic E-state index is 0.140. The lowest BCUT2D eigenvalue weighted by Gasteiger charge is -2.28. The maximum Gasteiger partial charge on any atom is 0.428 e. The van der Waals surface area contributed by atoms with E-state index in [4.69, 9.17) is 0 Å². The monoisotopic (exact) mass is 324 g/mol. The highest BCUT2D eigenvalue weighted by Crippen LogP contribution is 2.35. The number of alkyl halides is 3. The second-order valence-electron chi connectivity index (χ2n) is 5.38. The van der Waals surface area contributed by atoms with Gasteiger partial charge in [-0.15, -0.1) is 6.58 Å². The maximum absolute atomic E-state index is 12.9. The van der Waals surface area contributed by atoms with Gasteiger partial charge in [0.15, 0.2) is 0 Å². The highest BCUT2D eigenvalue weighted by molar-refractivity contribution is 5.80. The molecule has 0 radical (unpaired) electrons. The van der Waals surface area contributed by atoms with E-state index >= 15 is 0 Å². The molecule has 0 aromatic carbocycles. The third kappa shape index (κ3) is 7.29. The molecular formula is C16H27F3O3. The van der Waals surface area contributed by atoms with Gasteiger partial charge in [0, 0.05) is 0 Å². The fourth-order valence-corrected chi connectivity index (χ4v) is 2.16. The van der Waals surface area contributed by atoms with Crippen LogP contribution >= 0.6 is 0 Å². The van der Waals surface area contributed by atoms with Crippen LogP contribution in [-0.4, -0.2) is 29.5 Å². The molecule has 22 heavy (non-hydrogen) atoms. The first-order valence-corrected chi connectivity index (χ1v) is 7.86. The molecule has 0 rings (SSSR count). The Labute approximate surface area is 130 Å². The molecule has 0 fully saturated rings. The van der Waals surface area contributed by atoms with Gasteiger partial charge in [-0.25, -0.2) is 4.79 Å². The summed E-state index contributed by atoms with van der Waals surface area (Å²) in [6.45, 7) is 4.85.